The molecule has 0 aromatic heterocycles. The Labute approximate surface area is 116 Å². The van der Waals surface area contributed by atoms with Gasteiger partial charge in [-0.1, -0.05) is 44.9 Å². The lowest BCUT2D eigenvalue weighted by Gasteiger charge is -2.18. The van der Waals surface area contributed by atoms with Gasteiger partial charge in [0.25, 0.3) is 0 Å². The lowest BCUT2D eigenvalue weighted by atomic mass is 10.1. The Morgan fingerprint density at radius 3 is 2.53 bits per heavy atom. The average Bonchev–Trinajstić information content (AvgIpc) is 2.43. The van der Waals surface area contributed by atoms with E-state index >= 15 is 0 Å². The smallest absolute Gasteiger partial charge is 0.241 e. The van der Waals surface area contributed by atoms with Crippen LogP contribution < -0.4 is 10.5 Å². The van der Waals surface area contributed by atoms with Crippen molar-refractivity contribution in [3.63, 3.8) is 0 Å². The van der Waals surface area contributed by atoms with Gasteiger partial charge >= 0.3 is 0 Å². The first-order valence-electron chi connectivity index (χ1n) is 6.85. The molecule has 0 amide bonds. The molecular formula is C14H24N2O2S. The maximum Gasteiger partial charge on any atom is 0.241 e. The van der Waals surface area contributed by atoms with Crippen molar-refractivity contribution in [2.24, 2.45) is 5.73 Å². The molecular weight excluding hydrogens is 260 g/mol. The Balaban J connectivity index is 2.90. The minimum atomic E-state index is -3.47. The van der Waals surface area contributed by atoms with E-state index in [9.17, 15) is 8.42 Å². The largest absolute Gasteiger partial charge is 0.329 e. The number of nitrogens with one attached hydrogen (secondary N) is 1. The molecule has 0 aliphatic heterocycles. The highest BCUT2D eigenvalue weighted by molar-refractivity contribution is 7.89. The van der Waals surface area contributed by atoms with Gasteiger partial charge in [0.1, 0.15) is 0 Å². The zero-order valence-electron chi connectivity index (χ0n) is 11.7. The number of aryl methyl sites for hydroxylation is 1. The maximum absolute atomic E-state index is 12.4. The summed E-state index contributed by atoms with van der Waals surface area (Å²) in [5.74, 6) is 0. The second kappa shape index (κ2) is 7.62. The Morgan fingerprint density at radius 2 is 1.95 bits per heavy atom. The van der Waals surface area contributed by atoms with Crippen molar-refractivity contribution in [2.75, 3.05) is 6.54 Å². The number of sulfonamides is 1. The maximum atomic E-state index is 12.4. The zero-order valence-corrected chi connectivity index (χ0v) is 12.5. The van der Waals surface area contributed by atoms with Gasteiger partial charge < -0.3 is 5.73 Å². The fourth-order valence-corrected chi connectivity index (χ4v) is 3.61. The molecule has 0 bridgehead atoms. The molecule has 1 unspecified atom stereocenters. The molecule has 0 saturated carbocycles. The number of nitrogens with two attached hydrogens (primary N) is 1. The van der Waals surface area contributed by atoms with Crippen molar-refractivity contribution in [2.45, 2.75) is 50.5 Å². The molecule has 3 N–H and O–H groups in total. The third-order valence-electron chi connectivity index (χ3n) is 3.16. The summed E-state index contributed by atoms with van der Waals surface area (Å²) in [4.78, 5) is 0.368. The third kappa shape index (κ3) is 4.60. The van der Waals surface area contributed by atoms with E-state index < -0.39 is 10.0 Å². The van der Waals surface area contributed by atoms with Crippen LogP contribution >= 0.6 is 0 Å². The number of unbranched alkanes of at least 4 members (excludes halogenated alkanes) is 1. The highest BCUT2D eigenvalue weighted by atomic mass is 32.2. The first kappa shape index (κ1) is 16.1. The average molecular weight is 284 g/mol. The molecule has 0 saturated heterocycles. The molecule has 1 rings (SSSR count). The van der Waals surface area contributed by atoms with Gasteiger partial charge in [-0.25, -0.2) is 13.1 Å². The van der Waals surface area contributed by atoms with Crippen molar-refractivity contribution < 1.29 is 8.42 Å². The Hall–Kier alpha value is -0.910. The summed E-state index contributed by atoms with van der Waals surface area (Å²) in [7, 11) is -3.47. The van der Waals surface area contributed by atoms with Crippen molar-refractivity contribution in [1.82, 2.24) is 4.72 Å². The quantitative estimate of drug-likeness (QED) is 0.767. The van der Waals surface area contributed by atoms with E-state index in [1.165, 1.54) is 0 Å². The molecule has 1 aromatic rings. The molecule has 5 heteroatoms. The predicted molar refractivity (Wildman–Crippen MR) is 78.5 cm³/mol. The number of rotatable bonds is 8. The molecule has 0 radical (unpaired) electrons. The van der Waals surface area contributed by atoms with E-state index in [0.29, 0.717) is 17.9 Å². The lowest BCUT2D eigenvalue weighted by Crippen LogP contribution is -2.40. The standard InChI is InChI=1S/C14H24N2O2S/c1-3-5-9-13(11-15)16-19(17,18)14-10-7-6-8-12(14)4-2/h6-8,10,13,16H,3-5,9,11,15H2,1-2H3. The van der Waals surface area contributed by atoms with Crippen molar-refractivity contribution in [3.05, 3.63) is 29.8 Å². The fraction of sp³-hybridized carbons (Fsp3) is 0.571. The molecule has 1 aromatic carbocycles. The van der Waals surface area contributed by atoms with Crippen LogP contribution in [0, 0.1) is 0 Å². The molecule has 4 nitrogen and oxygen atoms in total. The minimum Gasteiger partial charge on any atom is -0.329 e. The summed E-state index contributed by atoms with van der Waals surface area (Å²) in [5, 5.41) is 0. The van der Waals surface area contributed by atoms with Crippen molar-refractivity contribution >= 4 is 10.0 Å². The van der Waals surface area contributed by atoms with E-state index in [0.717, 1.165) is 24.8 Å². The molecule has 108 valence electrons. The van der Waals surface area contributed by atoms with Crippen LogP contribution in [0.4, 0.5) is 0 Å². The highest BCUT2D eigenvalue weighted by Gasteiger charge is 2.20. The minimum absolute atomic E-state index is 0.185. The van der Waals surface area contributed by atoms with Gasteiger partial charge in [0, 0.05) is 12.6 Å². The van der Waals surface area contributed by atoms with Crippen LogP contribution in [-0.2, 0) is 16.4 Å². The number of hydrogen-bond acceptors (Lipinski definition) is 3. The van der Waals surface area contributed by atoms with Crippen LogP contribution in [0.15, 0.2) is 29.2 Å². The first-order valence-corrected chi connectivity index (χ1v) is 8.33. The summed E-state index contributed by atoms with van der Waals surface area (Å²) < 4.78 is 27.5. The van der Waals surface area contributed by atoms with Crippen LogP contribution in [0.1, 0.15) is 38.7 Å². The highest BCUT2D eigenvalue weighted by Crippen LogP contribution is 2.16. The summed E-state index contributed by atoms with van der Waals surface area (Å²) in [6.45, 7) is 4.35. The van der Waals surface area contributed by atoms with Gasteiger partial charge in [0.05, 0.1) is 4.90 Å². The third-order valence-corrected chi connectivity index (χ3v) is 4.78. The van der Waals surface area contributed by atoms with Crippen LogP contribution in [0.3, 0.4) is 0 Å². The molecule has 0 heterocycles. The molecule has 0 aliphatic rings. The second-order valence-corrected chi connectivity index (χ2v) is 6.34. The molecule has 1 atom stereocenters. The van der Waals surface area contributed by atoms with Gasteiger partial charge in [0.15, 0.2) is 0 Å². The molecule has 0 fully saturated rings. The van der Waals surface area contributed by atoms with E-state index in [1.54, 1.807) is 12.1 Å². The number of benzene rings is 1. The molecule has 0 spiro atoms. The van der Waals surface area contributed by atoms with Gasteiger partial charge in [-0.2, -0.15) is 0 Å². The SMILES string of the molecule is CCCCC(CN)NS(=O)(=O)c1ccccc1CC. The van der Waals surface area contributed by atoms with E-state index in [1.807, 2.05) is 19.1 Å². The van der Waals surface area contributed by atoms with Crippen molar-refractivity contribution in [3.8, 4) is 0 Å². The molecule has 0 aliphatic carbocycles. The van der Waals surface area contributed by atoms with Crippen molar-refractivity contribution in [1.29, 1.82) is 0 Å². The first-order chi connectivity index (χ1) is 9.05. The van der Waals surface area contributed by atoms with Crippen LogP contribution in [0.5, 0.6) is 0 Å². The summed E-state index contributed by atoms with van der Waals surface area (Å²) in [6, 6.07) is 6.91. The van der Waals surface area contributed by atoms with Crippen LogP contribution in [0.25, 0.3) is 0 Å². The summed E-state index contributed by atoms with van der Waals surface area (Å²) in [5.41, 5.74) is 6.48. The van der Waals surface area contributed by atoms with Gasteiger partial charge in [-0.3, -0.25) is 0 Å². The van der Waals surface area contributed by atoms with Gasteiger partial charge in [0.2, 0.25) is 10.0 Å². The van der Waals surface area contributed by atoms with E-state index in [-0.39, 0.29) is 6.04 Å². The topological polar surface area (TPSA) is 72.2 Å². The van der Waals surface area contributed by atoms with Crippen LogP contribution in [0.2, 0.25) is 0 Å². The summed E-state index contributed by atoms with van der Waals surface area (Å²) in [6.07, 6.45) is 3.48. The Bertz CT molecular complexity index is 486. The Morgan fingerprint density at radius 1 is 1.26 bits per heavy atom. The molecule has 19 heavy (non-hydrogen) atoms. The van der Waals surface area contributed by atoms with Gasteiger partial charge in [-0.15, -0.1) is 0 Å². The van der Waals surface area contributed by atoms with E-state index in [2.05, 4.69) is 11.6 Å². The summed E-state index contributed by atoms with van der Waals surface area (Å²) >= 11 is 0. The zero-order chi connectivity index (χ0) is 14.3. The predicted octanol–water partition coefficient (Wildman–Crippen LogP) is 2.04. The second-order valence-electron chi connectivity index (χ2n) is 4.66. The normalized spacial score (nSPS) is 13.4. The monoisotopic (exact) mass is 284 g/mol. The van der Waals surface area contributed by atoms with E-state index in [4.69, 9.17) is 5.73 Å². The van der Waals surface area contributed by atoms with Gasteiger partial charge in [-0.05, 0) is 24.5 Å². The fourth-order valence-electron chi connectivity index (χ4n) is 2.02. The Kier molecular flexibility index (Phi) is 6.48. The van der Waals surface area contributed by atoms with Crippen LogP contribution in [-0.4, -0.2) is 21.0 Å². The lowest BCUT2D eigenvalue weighted by molar-refractivity contribution is 0.516. The number of hydrogen-bond donors (Lipinski definition) is 2.